The van der Waals surface area contributed by atoms with Crippen molar-refractivity contribution >= 4 is 11.9 Å². The SMILES string of the molecule is CC(=O)CC(C)NC(=O)O. The third kappa shape index (κ3) is 5.08. The first-order valence-electron chi connectivity index (χ1n) is 3.01. The molecule has 10 heavy (non-hydrogen) atoms. The second kappa shape index (κ2) is 3.87. The smallest absolute Gasteiger partial charge is 0.404 e. The Labute approximate surface area is 59.2 Å². The van der Waals surface area contributed by atoms with E-state index in [1.807, 2.05) is 0 Å². The van der Waals surface area contributed by atoms with Crippen LogP contribution in [0.15, 0.2) is 0 Å². The molecule has 4 heteroatoms. The van der Waals surface area contributed by atoms with Gasteiger partial charge >= 0.3 is 6.09 Å². The summed E-state index contributed by atoms with van der Waals surface area (Å²) in [5.74, 6) is -0.0127. The Kier molecular flexibility index (Phi) is 3.46. The number of amides is 1. The Morgan fingerprint density at radius 3 is 2.40 bits per heavy atom. The minimum Gasteiger partial charge on any atom is -0.465 e. The molecule has 0 bridgehead atoms. The number of Topliss-reactive ketones (excluding diaryl/α,β-unsaturated/α-hetero) is 1. The van der Waals surface area contributed by atoms with E-state index < -0.39 is 6.09 Å². The molecule has 0 aromatic rings. The van der Waals surface area contributed by atoms with E-state index >= 15 is 0 Å². The molecule has 0 aliphatic heterocycles. The van der Waals surface area contributed by atoms with E-state index in [1.165, 1.54) is 6.92 Å². The van der Waals surface area contributed by atoms with E-state index in [2.05, 4.69) is 5.32 Å². The zero-order chi connectivity index (χ0) is 8.15. The number of rotatable bonds is 3. The van der Waals surface area contributed by atoms with Crippen LogP contribution in [0.1, 0.15) is 20.3 Å². The Balaban J connectivity index is 3.53. The maximum atomic E-state index is 10.4. The maximum Gasteiger partial charge on any atom is 0.404 e. The van der Waals surface area contributed by atoms with Gasteiger partial charge in [-0.2, -0.15) is 0 Å². The fraction of sp³-hybridized carbons (Fsp3) is 0.667. The summed E-state index contributed by atoms with van der Waals surface area (Å²) in [6, 6.07) is -0.282. The van der Waals surface area contributed by atoms with Crippen molar-refractivity contribution in [2.75, 3.05) is 0 Å². The lowest BCUT2D eigenvalue weighted by atomic mass is 10.2. The van der Waals surface area contributed by atoms with E-state index in [1.54, 1.807) is 6.92 Å². The van der Waals surface area contributed by atoms with Gasteiger partial charge in [-0.1, -0.05) is 0 Å². The van der Waals surface area contributed by atoms with Crippen LogP contribution in [0, 0.1) is 0 Å². The molecule has 1 unspecified atom stereocenters. The number of hydrogen-bond acceptors (Lipinski definition) is 2. The molecule has 0 saturated heterocycles. The highest BCUT2D eigenvalue weighted by Gasteiger charge is 2.06. The Bertz CT molecular complexity index is 128. The third-order valence-electron chi connectivity index (χ3n) is 0.964. The molecule has 0 rings (SSSR count). The van der Waals surface area contributed by atoms with Gasteiger partial charge in [0, 0.05) is 12.5 Å². The van der Waals surface area contributed by atoms with E-state index in [-0.39, 0.29) is 18.2 Å². The topological polar surface area (TPSA) is 66.4 Å². The molecule has 0 aliphatic rings. The van der Waals surface area contributed by atoms with Crippen molar-refractivity contribution < 1.29 is 14.7 Å². The quantitative estimate of drug-likeness (QED) is 0.611. The van der Waals surface area contributed by atoms with Gasteiger partial charge in [-0.15, -0.1) is 0 Å². The highest BCUT2D eigenvalue weighted by atomic mass is 16.4. The van der Waals surface area contributed by atoms with Crippen LogP contribution in [0.4, 0.5) is 4.79 Å². The Morgan fingerprint density at radius 1 is 1.60 bits per heavy atom. The van der Waals surface area contributed by atoms with E-state index in [0.29, 0.717) is 0 Å². The molecule has 0 spiro atoms. The summed E-state index contributed by atoms with van der Waals surface area (Å²) in [5, 5.41) is 10.3. The summed E-state index contributed by atoms with van der Waals surface area (Å²) in [7, 11) is 0. The molecule has 0 fully saturated rings. The first-order chi connectivity index (χ1) is 4.52. The number of carboxylic acid groups (broad SMARTS) is 1. The van der Waals surface area contributed by atoms with Gasteiger partial charge in [-0.25, -0.2) is 4.79 Å². The highest BCUT2D eigenvalue weighted by molar-refractivity contribution is 5.76. The second-order valence-corrected chi connectivity index (χ2v) is 2.26. The number of ketones is 1. The molecule has 4 nitrogen and oxygen atoms in total. The Morgan fingerprint density at radius 2 is 2.10 bits per heavy atom. The maximum absolute atomic E-state index is 10.4. The van der Waals surface area contributed by atoms with E-state index in [4.69, 9.17) is 5.11 Å². The standard InChI is InChI=1S/C6H11NO3/c1-4(3-5(2)8)7-6(9)10/h4,7H,3H2,1-2H3,(H,9,10). The summed E-state index contributed by atoms with van der Waals surface area (Å²) in [6.07, 6.45) is -0.833. The molecule has 0 heterocycles. The summed E-state index contributed by atoms with van der Waals surface area (Å²) in [4.78, 5) is 20.4. The summed E-state index contributed by atoms with van der Waals surface area (Å²) >= 11 is 0. The van der Waals surface area contributed by atoms with Gasteiger partial charge in [0.05, 0.1) is 0 Å². The number of carbonyl (C=O) groups is 2. The molecular weight excluding hydrogens is 134 g/mol. The van der Waals surface area contributed by atoms with Gasteiger partial charge in [0.25, 0.3) is 0 Å². The summed E-state index contributed by atoms with van der Waals surface area (Å²) in [6.45, 7) is 3.08. The van der Waals surface area contributed by atoms with Crippen molar-refractivity contribution in [3.05, 3.63) is 0 Å². The van der Waals surface area contributed by atoms with Gasteiger partial charge in [0.2, 0.25) is 0 Å². The van der Waals surface area contributed by atoms with Crippen LogP contribution in [0.3, 0.4) is 0 Å². The lowest BCUT2D eigenvalue weighted by Crippen LogP contribution is -2.32. The molecule has 0 aliphatic carbocycles. The average molecular weight is 145 g/mol. The second-order valence-electron chi connectivity index (χ2n) is 2.26. The molecule has 0 aromatic carbocycles. The monoisotopic (exact) mass is 145 g/mol. The van der Waals surface area contributed by atoms with Gasteiger partial charge < -0.3 is 10.4 Å². The molecular formula is C6H11NO3. The Hall–Kier alpha value is -1.06. The molecule has 1 amide bonds. The van der Waals surface area contributed by atoms with Crippen LogP contribution >= 0.6 is 0 Å². The lowest BCUT2D eigenvalue weighted by molar-refractivity contribution is -0.117. The first-order valence-corrected chi connectivity index (χ1v) is 3.01. The summed E-state index contributed by atoms with van der Waals surface area (Å²) < 4.78 is 0. The molecule has 0 saturated carbocycles. The van der Waals surface area contributed by atoms with Crippen LogP contribution in [-0.2, 0) is 4.79 Å². The van der Waals surface area contributed by atoms with Gasteiger partial charge in [-0.05, 0) is 13.8 Å². The normalized spacial score (nSPS) is 12.2. The lowest BCUT2D eigenvalue weighted by Gasteiger charge is -2.07. The van der Waals surface area contributed by atoms with Gasteiger partial charge in [-0.3, -0.25) is 4.79 Å². The zero-order valence-electron chi connectivity index (χ0n) is 6.05. The number of hydrogen-bond donors (Lipinski definition) is 2. The van der Waals surface area contributed by atoms with Crippen LogP contribution in [0.5, 0.6) is 0 Å². The summed E-state index contributed by atoms with van der Waals surface area (Å²) in [5.41, 5.74) is 0. The van der Waals surface area contributed by atoms with Crippen molar-refractivity contribution in [1.29, 1.82) is 0 Å². The average Bonchev–Trinajstić information content (AvgIpc) is 1.58. The number of carbonyl (C=O) groups excluding carboxylic acids is 1. The van der Waals surface area contributed by atoms with Crippen LogP contribution in [0.25, 0.3) is 0 Å². The van der Waals surface area contributed by atoms with Crippen molar-refractivity contribution in [3.63, 3.8) is 0 Å². The minimum atomic E-state index is -1.09. The third-order valence-corrected chi connectivity index (χ3v) is 0.964. The fourth-order valence-electron chi connectivity index (χ4n) is 0.693. The molecule has 58 valence electrons. The van der Waals surface area contributed by atoms with Crippen LogP contribution in [-0.4, -0.2) is 23.0 Å². The minimum absolute atomic E-state index is 0.0127. The van der Waals surface area contributed by atoms with Crippen molar-refractivity contribution in [1.82, 2.24) is 5.32 Å². The van der Waals surface area contributed by atoms with Crippen molar-refractivity contribution in [2.45, 2.75) is 26.3 Å². The van der Waals surface area contributed by atoms with Gasteiger partial charge in [0.1, 0.15) is 5.78 Å². The molecule has 0 aromatic heterocycles. The predicted octanol–water partition coefficient (Wildman–Crippen LogP) is 0.622. The number of nitrogens with one attached hydrogen (secondary N) is 1. The van der Waals surface area contributed by atoms with E-state index in [0.717, 1.165) is 0 Å². The van der Waals surface area contributed by atoms with E-state index in [9.17, 15) is 9.59 Å². The van der Waals surface area contributed by atoms with Crippen LogP contribution < -0.4 is 5.32 Å². The van der Waals surface area contributed by atoms with Crippen molar-refractivity contribution in [2.24, 2.45) is 0 Å². The molecule has 1 atom stereocenters. The van der Waals surface area contributed by atoms with Crippen LogP contribution in [0.2, 0.25) is 0 Å². The fourth-order valence-corrected chi connectivity index (χ4v) is 0.693. The zero-order valence-corrected chi connectivity index (χ0v) is 6.05. The highest BCUT2D eigenvalue weighted by Crippen LogP contribution is 1.90. The largest absolute Gasteiger partial charge is 0.465 e. The first kappa shape index (κ1) is 8.94. The van der Waals surface area contributed by atoms with Crippen molar-refractivity contribution in [3.8, 4) is 0 Å². The molecule has 2 N–H and O–H groups in total. The molecule has 0 radical (unpaired) electrons. The predicted molar refractivity (Wildman–Crippen MR) is 35.9 cm³/mol. The van der Waals surface area contributed by atoms with Gasteiger partial charge in [0.15, 0.2) is 0 Å².